The van der Waals surface area contributed by atoms with E-state index in [9.17, 15) is 9.59 Å². The van der Waals surface area contributed by atoms with Gasteiger partial charge in [0.05, 0.1) is 7.11 Å². The fourth-order valence-corrected chi connectivity index (χ4v) is 0.946. The highest BCUT2D eigenvalue weighted by molar-refractivity contribution is 5.82. The van der Waals surface area contributed by atoms with Gasteiger partial charge in [-0.3, -0.25) is 0 Å². The second-order valence-electron chi connectivity index (χ2n) is 6.26. The van der Waals surface area contributed by atoms with Crippen LogP contribution in [0.15, 0.2) is 24.3 Å². The smallest absolute Gasteiger partial charge is 0.330 e. The maximum Gasteiger partial charge on any atom is 0.330 e. The van der Waals surface area contributed by atoms with Gasteiger partial charge in [-0.25, -0.2) is 9.59 Å². The number of hydrogen-bond acceptors (Lipinski definition) is 4. The largest absolute Gasteiger partial charge is 0.466 e. The standard InChI is InChI=1S/C10H18O2.C7H12O2/c1-8(2)6-7-9(11)12-10(3,4)5;1-6(2)4-5-7(8)9-3/h6-8H,1-5H3;4-6H,1-3H3/b7-6+;5-4+. The van der Waals surface area contributed by atoms with Crippen molar-refractivity contribution in [2.75, 3.05) is 7.11 Å². The Morgan fingerprint density at radius 3 is 1.52 bits per heavy atom. The quantitative estimate of drug-likeness (QED) is 0.583. The minimum Gasteiger partial charge on any atom is -0.466 e. The molecule has 0 N–H and O–H groups in total. The Bertz CT molecular complexity index is 357. The number of ether oxygens (including phenoxy) is 2. The van der Waals surface area contributed by atoms with Gasteiger partial charge in [-0.2, -0.15) is 0 Å². The van der Waals surface area contributed by atoms with Crippen molar-refractivity contribution in [3.8, 4) is 0 Å². The van der Waals surface area contributed by atoms with Gasteiger partial charge in [-0.1, -0.05) is 39.8 Å². The maximum absolute atomic E-state index is 11.1. The summed E-state index contributed by atoms with van der Waals surface area (Å²) in [5.41, 5.74) is -0.390. The Morgan fingerprint density at radius 2 is 1.24 bits per heavy atom. The van der Waals surface area contributed by atoms with Crippen molar-refractivity contribution in [1.82, 2.24) is 0 Å². The van der Waals surface area contributed by atoms with Gasteiger partial charge >= 0.3 is 11.9 Å². The number of hydrogen-bond donors (Lipinski definition) is 0. The lowest BCUT2D eigenvalue weighted by molar-refractivity contribution is -0.148. The summed E-state index contributed by atoms with van der Waals surface area (Å²) >= 11 is 0. The molecule has 0 aromatic rings. The fraction of sp³-hybridized carbons (Fsp3) is 0.647. The number of allylic oxidation sites excluding steroid dienone is 2. The predicted octanol–water partition coefficient (Wildman–Crippen LogP) is 3.91. The normalized spacial score (nSPS) is 11.7. The lowest BCUT2D eigenvalue weighted by atomic mass is 10.2. The van der Waals surface area contributed by atoms with Crippen molar-refractivity contribution in [3.05, 3.63) is 24.3 Å². The highest BCUT2D eigenvalue weighted by atomic mass is 16.6. The van der Waals surface area contributed by atoms with Crippen LogP contribution in [-0.2, 0) is 19.1 Å². The van der Waals surface area contributed by atoms with E-state index in [1.165, 1.54) is 19.3 Å². The topological polar surface area (TPSA) is 52.6 Å². The van der Waals surface area contributed by atoms with E-state index in [2.05, 4.69) is 4.74 Å². The van der Waals surface area contributed by atoms with Crippen LogP contribution < -0.4 is 0 Å². The van der Waals surface area contributed by atoms with E-state index in [0.717, 1.165) is 0 Å². The zero-order valence-electron chi connectivity index (χ0n) is 14.6. The van der Waals surface area contributed by atoms with Crippen LogP contribution in [0.4, 0.5) is 0 Å². The number of methoxy groups -OCH3 is 1. The van der Waals surface area contributed by atoms with Gasteiger partial charge in [0.25, 0.3) is 0 Å². The van der Waals surface area contributed by atoms with Crippen LogP contribution in [0.2, 0.25) is 0 Å². The lowest BCUT2D eigenvalue weighted by Gasteiger charge is -2.17. The van der Waals surface area contributed by atoms with Crippen LogP contribution in [0, 0.1) is 11.8 Å². The number of esters is 2. The highest BCUT2D eigenvalue weighted by Gasteiger charge is 2.13. The van der Waals surface area contributed by atoms with Crippen LogP contribution in [-0.4, -0.2) is 24.6 Å². The molecule has 0 spiro atoms. The molecule has 0 unspecified atom stereocenters. The van der Waals surface area contributed by atoms with Crippen LogP contribution in [0.5, 0.6) is 0 Å². The molecule has 4 nitrogen and oxygen atoms in total. The molecule has 0 aromatic heterocycles. The predicted molar refractivity (Wildman–Crippen MR) is 85.8 cm³/mol. The molecule has 0 aliphatic heterocycles. The number of carbonyl (C=O) groups excluding carboxylic acids is 2. The van der Waals surface area contributed by atoms with E-state index in [1.54, 1.807) is 6.08 Å². The Hall–Kier alpha value is -1.58. The van der Waals surface area contributed by atoms with E-state index in [-0.39, 0.29) is 11.9 Å². The molecule has 0 radical (unpaired) electrons. The lowest BCUT2D eigenvalue weighted by Crippen LogP contribution is -2.22. The molecule has 0 aromatic carbocycles. The molecule has 122 valence electrons. The minimum absolute atomic E-state index is 0.267. The summed E-state index contributed by atoms with van der Waals surface area (Å²) in [7, 11) is 1.37. The highest BCUT2D eigenvalue weighted by Crippen LogP contribution is 2.07. The molecular weight excluding hydrogens is 268 g/mol. The molecule has 0 rings (SSSR count). The average molecular weight is 298 g/mol. The summed E-state index contributed by atoms with van der Waals surface area (Å²) in [5, 5.41) is 0. The number of rotatable bonds is 4. The maximum atomic E-state index is 11.1. The van der Waals surface area contributed by atoms with E-state index < -0.39 is 5.60 Å². The van der Waals surface area contributed by atoms with Gasteiger partial charge in [0.15, 0.2) is 0 Å². The van der Waals surface area contributed by atoms with Crippen molar-refractivity contribution in [2.45, 2.75) is 54.1 Å². The molecule has 0 atom stereocenters. The van der Waals surface area contributed by atoms with Crippen LogP contribution in [0.1, 0.15) is 48.5 Å². The molecule has 0 aliphatic carbocycles. The Labute approximate surface area is 129 Å². The molecular formula is C17H30O4. The SMILES string of the molecule is CC(C)/C=C/C(=O)OC(C)(C)C.COC(=O)/C=C/C(C)C. The van der Waals surface area contributed by atoms with Gasteiger partial charge in [0.2, 0.25) is 0 Å². The van der Waals surface area contributed by atoms with Gasteiger partial charge < -0.3 is 9.47 Å². The van der Waals surface area contributed by atoms with E-state index >= 15 is 0 Å². The van der Waals surface area contributed by atoms with Crippen molar-refractivity contribution < 1.29 is 19.1 Å². The van der Waals surface area contributed by atoms with Crippen molar-refractivity contribution in [3.63, 3.8) is 0 Å². The minimum atomic E-state index is -0.390. The molecule has 0 aliphatic rings. The molecule has 0 bridgehead atoms. The third kappa shape index (κ3) is 20.9. The van der Waals surface area contributed by atoms with Crippen LogP contribution >= 0.6 is 0 Å². The van der Waals surface area contributed by atoms with Gasteiger partial charge in [-0.05, 0) is 32.6 Å². The van der Waals surface area contributed by atoms with Crippen molar-refractivity contribution in [1.29, 1.82) is 0 Å². The Morgan fingerprint density at radius 1 is 0.857 bits per heavy atom. The van der Waals surface area contributed by atoms with Gasteiger partial charge in [0, 0.05) is 12.2 Å². The number of carbonyl (C=O) groups is 2. The van der Waals surface area contributed by atoms with E-state index in [4.69, 9.17) is 4.74 Å². The summed E-state index contributed by atoms with van der Waals surface area (Å²) in [6.45, 7) is 13.6. The van der Waals surface area contributed by atoms with Gasteiger partial charge in [0.1, 0.15) is 5.60 Å². The summed E-state index contributed by atoms with van der Waals surface area (Å²) < 4.78 is 9.44. The fourth-order valence-electron chi connectivity index (χ4n) is 0.946. The third-order valence-electron chi connectivity index (χ3n) is 1.84. The Kier molecular flexibility index (Phi) is 11.5. The molecule has 0 fully saturated rings. The van der Waals surface area contributed by atoms with E-state index in [0.29, 0.717) is 11.8 Å². The average Bonchev–Trinajstić information content (AvgIpc) is 2.32. The molecule has 21 heavy (non-hydrogen) atoms. The van der Waals surface area contributed by atoms with E-state index in [1.807, 2.05) is 54.5 Å². The second-order valence-corrected chi connectivity index (χ2v) is 6.26. The Balaban J connectivity index is 0. The zero-order chi connectivity index (χ0) is 17.1. The summed E-state index contributed by atoms with van der Waals surface area (Å²) in [6.07, 6.45) is 6.54. The first-order valence-corrected chi connectivity index (χ1v) is 7.15. The first kappa shape index (κ1) is 21.7. The molecule has 4 heteroatoms. The first-order valence-electron chi connectivity index (χ1n) is 7.15. The molecule has 0 heterocycles. The molecule has 0 amide bonds. The summed E-state index contributed by atoms with van der Waals surface area (Å²) in [4.78, 5) is 21.5. The second kappa shape index (κ2) is 11.1. The van der Waals surface area contributed by atoms with Crippen molar-refractivity contribution >= 4 is 11.9 Å². The van der Waals surface area contributed by atoms with Crippen molar-refractivity contribution in [2.24, 2.45) is 11.8 Å². The molecule has 0 saturated heterocycles. The third-order valence-corrected chi connectivity index (χ3v) is 1.84. The van der Waals surface area contributed by atoms with Crippen LogP contribution in [0.25, 0.3) is 0 Å². The molecule has 0 saturated carbocycles. The first-order chi connectivity index (χ1) is 9.47. The van der Waals surface area contributed by atoms with Gasteiger partial charge in [-0.15, -0.1) is 0 Å². The zero-order valence-corrected chi connectivity index (χ0v) is 14.6. The monoisotopic (exact) mass is 298 g/mol. The summed E-state index contributed by atoms with van der Waals surface area (Å²) in [6, 6.07) is 0. The summed E-state index contributed by atoms with van der Waals surface area (Å²) in [5.74, 6) is 0.238. The van der Waals surface area contributed by atoms with Crippen LogP contribution in [0.3, 0.4) is 0 Å².